The Morgan fingerprint density at radius 3 is 0.429 bits per heavy atom. The van der Waals surface area contributed by atoms with Crippen LogP contribution < -0.4 is 131 Å². The molecule has 0 aromatic heterocycles. The van der Waals surface area contributed by atoms with Crippen LogP contribution in [0.2, 0.25) is 0 Å². The second-order valence-corrected chi connectivity index (χ2v) is 30.5. The quantitative estimate of drug-likeness (QED) is 0.0297. The number of carboxylic acids is 13. The van der Waals surface area contributed by atoms with Crippen molar-refractivity contribution in [3.8, 4) is 0 Å². The number of unbranched alkanes of at least 4 members (excludes halogenated alkanes) is 19. The van der Waals surface area contributed by atoms with Crippen LogP contribution in [-0.4, -0.2) is 294 Å². The molecule has 0 aliphatic carbocycles. The van der Waals surface area contributed by atoms with Crippen LogP contribution >= 0.6 is 0 Å². The maximum Gasteiger partial charge on any atom is 0.326 e. The van der Waals surface area contributed by atoms with Gasteiger partial charge in [-0.1, -0.05) is 129 Å². The van der Waals surface area contributed by atoms with Crippen molar-refractivity contribution in [3.05, 3.63) is 0 Å². The Balaban J connectivity index is -0.000000122. The van der Waals surface area contributed by atoms with Gasteiger partial charge in [-0.15, -0.1) is 0 Å². The minimum Gasteiger partial charge on any atom is -0.481 e. The zero-order valence-electron chi connectivity index (χ0n) is 79.3. The topological polar surface area (TPSA) is 1090 Å². The summed E-state index contributed by atoms with van der Waals surface area (Å²) in [5.74, 6) is -12.8. The van der Waals surface area contributed by atoms with Crippen molar-refractivity contribution in [2.75, 3.05) is 72.0 Å². The van der Waals surface area contributed by atoms with E-state index in [2.05, 4.69) is 12.2 Å². The van der Waals surface area contributed by atoms with Crippen LogP contribution in [0.3, 0.4) is 0 Å². The van der Waals surface area contributed by atoms with Crippen molar-refractivity contribution in [3.63, 3.8) is 0 Å². The number of rotatable bonds is 70. The van der Waals surface area contributed by atoms with Crippen LogP contribution in [0.5, 0.6) is 0 Å². The molecule has 0 aliphatic heterocycles. The lowest BCUT2D eigenvalue weighted by Gasteiger charge is -2.13. The lowest BCUT2D eigenvalue weighted by Crippen LogP contribution is -2.41. The van der Waals surface area contributed by atoms with Crippen LogP contribution in [-0.2, 0) is 67.1 Å². The first-order valence-corrected chi connectivity index (χ1v) is 45.7. The van der Waals surface area contributed by atoms with Gasteiger partial charge in [0.1, 0.15) is 72.5 Å². The van der Waals surface area contributed by atoms with Crippen molar-refractivity contribution in [2.45, 2.75) is 368 Å². The molecule has 0 saturated carbocycles. The molecular formula is C83H185N23O27. The zero-order chi connectivity index (χ0) is 105. The van der Waals surface area contributed by atoms with E-state index in [9.17, 15) is 67.1 Å². The smallest absolute Gasteiger partial charge is 0.326 e. The van der Waals surface area contributed by atoms with Gasteiger partial charge in [-0.05, 0) is 226 Å². The molecule has 12 atom stereocenters. The Bertz CT molecular complexity index is 2270. The number of carbonyl (C=O) groups excluding carboxylic acids is 1. The first-order chi connectivity index (χ1) is 62.5. The molecule has 0 bridgehead atoms. The lowest BCUT2D eigenvalue weighted by atomic mass is 10.1. The van der Waals surface area contributed by atoms with Crippen LogP contribution in [0.1, 0.15) is 296 Å². The third kappa shape index (κ3) is 139. The Morgan fingerprint density at radius 1 is 0.180 bits per heavy atom. The fourth-order valence-electron chi connectivity index (χ4n) is 9.34. The zero-order valence-corrected chi connectivity index (χ0v) is 79.3. The van der Waals surface area contributed by atoms with E-state index >= 15 is 0 Å². The van der Waals surface area contributed by atoms with Gasteiger partial charge in [0.15, 0.2) is 0 Å². The molecular weight excluding hydrogens is 1750 g/mol. The van der Waals surface area contributed by atoms with Crippen molar-refractivity contribution in [1.82, 2.24) is 5.32 Å². The lowest BCUT2D eigenvalue weighted by molar-refractivity contribution is -0.143. The largest absolute Gasteiger partial charge is 0.481 e. The average molecular weight is 1940 g/mol. The molecule has 0 spiro atoms. The van der Waals surface area contributed by atoms with Crippen molar-refractivity contribution in [1.29, 1.82) is 0 Å². The summed E-state index contributed by atoms with van der Waals surface area (Å²) in [5, 5.41) is 111. The maximum atomic E-state index is 11.7. The molecule has 0 radical (unpaired) electrons. The van der Waals surface area contributed by atoms with E-state index in [0.29, 0.717) is 149 Å². The summed E-state index contributed by atoms with van der Waals surface area (Å²) in [4.78, 5) is 145. The third-order valence-corrected chi connectivity index (χ3v) is 17.9. The highest BCUT2D eigenvalue weighted by atomic mass is 16.4. The fourth-order valence-corrected chi connectivity index (χ4v) is 9.34. The Hall–Kier alpha value is -8.30. The number of hydrogen-bond acceptors (Lipinski definition) is 36. The standard InChI is InChI=1S/C17H31NO5.11C6H14N2O2/c1-2-3-4-5-6-7-8-9-10-11-15(19)18-14(17(22)23)12-13-16(20)21;11*7-4-2-1-3-5(8)6(9)10/h14H,2-13H2,1H3,(H,18,19)(H,20,21)(H,22,23);11*5H,1-4,7-8H2,(H,9,10)/t14-;11*5-/m000000000000/s1. The molecule has 58 N–H and O–H groups in total. The SMILES string of the molecule is CCCCCCCCCCCC(=O)N[C@@H](CCC(=O)O)C(=O)O.NCCCC[C@H](N)C(=O)O.NCCCC[C@H](N)C(=O)O.NCCCC[C@H](N)C(=O)O.NCCCC[C@H](N)C(=O)O.NCCCC[C@H](N)C(=O)O.NCCCC[C@H](N)C(=O)O.NCCCC[C@H](N)C(=O)O.NCCCC[C@H](N)C(=O)O.NCCCC[C@H](N)C(=O)O.NCCCC[C@H](N)C(=O)O.NCCCC[C@H](N)C(=O)O. The van der Waals surface area contributed by atoms with Gasteiger partial charge in [-0.3, -0.25) is 62.3 Å². The van der Waals surface area contributed by atoms with E-state index in [0.717, 1.165) is 161 Å². The molecule has 50 heteroatoms. The first kappa shape index (κ1) is 150. The molecule has 0 rings (SSSR count). The van der Waals surface area contributed by atoms with Crippen molar-refractivity contribution >= 4 is 83.5 Å². The van der Waals surface area contributed by atoms with Crippen molar-refractivity contribution in [2.24, 2.45) is 126 Å². The van der Waals surface area contributed by atoms with E-state index < -0.39 is 150 Å². The second-order valence-electron chi connectivity index (χ2n) is 30.5. The number of carbonyl (C=O) groups is 14. The molecule has 0 unspecified atom stereocenters. The van der Waals surface area contributed by atoms with Gasteiger partial charge < -0.3 is 198 Å². The normalized spacial score (nSPS) is 12.8. The minimum atomic E-state index is -1.19. The van der Waals surface area contributed by atoms with Gasteiger partial charge in [-0.25, -0.2) is 4.79 Å². The molecule has 0 heterocycles. The molecule has 794 valence electrons. The third-order valence-electron chi connectivity index (χ3n) is 17.9. The molecule has 0 aromatic carbocycles. The van der Waals surface area contributed by atoms with Gasteiger partial charge in [0.2, 0.25) is 5.91 Å². The van der Waals surface area contributed by atoms with Gasteiger partial charge in [0, 0.05) is 12.8 Å². The molecule has 0 aromatic rings. The summed E-state index contributed by atoms with van der Waals surface area (Å²) in [6.45, 7) is 8.83. The van der Waals surface area contributed by atoms with Crippen LogP contribution in [0.15, 0.2) is 0 Å². The first-order valence-electron chi connectivity index (χ1n) is 45.7. The maximum absolute atomic E-state index is 11.7. The fraction of sp³-hybridized carbons (Fsp3) is 0.831. The molecule has 50 nitrogen and oxygen atoms in total. The van der Waals surface area contributed by atoms with Gasteiger partial charge in [0.25, 0.3) is 0 Å². The number of nitrogens with two attached hydrogens (primary N) is 22. The predicted octanol–water partition coefficient (Wildman–Crippen LogP) is -1.86. The number of hydrogen-bond donors (Lipinski definition) is 36. The molecule has 0 saturated heterocycles. The number of nitrogens with one attached hydrogen (secondary N) is 1. The Labute approximate surface area is 785 Å². The van der Waals surface area contributed by atoms with Crippen LogP contribution in [0.4, 0.5) is 0 Å². The highest BCUT2D eigenvalue weighted by molar-refractivity contribution is 5.84. The predicted molar refractivity (Wildman–Crippen MR) is 512 cm³/mol. The number of amides is 1. The summed E-state index contributed by atoms with van der Waals surface area (Å²) >= 11 is 0. The highest BCUT2D eigenvalue weighted by Gasteiger charge is 2.22. The molecule has 133 heavy (non-hydrogen) atoms. The van der Waals surface area contributed by atoms with Gasteiger partial charge >= 0.3 is 77.6 Å². The minimum absolute atomic E-state index is 0.0891. The summed E-state index contributed by atoms with van der Waals surface area (Å²) in [6.07, 6.45) is 34.1. The second kappa shape index (κ2) is 116. The highest BCUT2D eigenvalue weighted by Crippen LogP contribution is 2.12. The van der Waals surface area contributed by atoms with E-state index in [1.165, 1.54) is 38.5 Å². The summed E-state index contributed by atoms with van der Waals surface area (Å²) in [6, 6.07) is -8.99. The Kier molecular flexibility index (Phi) is 131. The van der Waals surface area contributed by atoms with E-state index in [4.69, 9.17) is 193 Å². The van der Waals surface area contributed by atoms with Crippen LogP contribution in [0.25, 0.3) is 0 Å². The van der Waals surface area contributed by atoms with E-state index in [1.54, 1.807) is 0 Å². The van der Waals surface area contributed by atoms with Crippen molar-refractivity contribution < 1.29 is 134 Å². The van der Waals surface area contributed by atoms with Crippen LogP contribution in [0, 0.1) is 0 Å². The summed E-state index contributed by atoms with van der Waals surface area (Å²) in [5.41, 5.74) is 115. The number of aliphatic carboxylic acids is 13. The summed E-state index contributed by atoms with van der Waals surface area (Å²) in [7, 11) is 0. The molecule has 0 aliphatic rings. The van der Waals surface area contributed by atoms with Gasteiger partial charge in [-0.2, -0.15) is 0 Å². The molecule has 0 fully saturated rings. The molecule has 1 amide bonds. The van der Waals surface area contributed by atoms with E-state index in [1.807, 2.05) is 0 Å². The Morgan fingerprint density at radius 2 is 0.316 bits per heavy atom. The monoisotopic (exact) mass is 1940 g/mol. The average Bonchev–Trinajstić information content (AvgIpc) is 0.931. The number of carboxylic acid groups (broad SMARTS) is 13. The summed E-state index contributed by atoms with van der Waals surface area (Å²) < 4.78 is 0. The van der Waals surface area contributed by atoms with Gasteiger partial charge in [0.05, 0.1) is 0 Å². The van der Waals surface area contributed by atoms with E-state index in [-0.39, 0.29) is 18.7 Å².